The molecular formula is C19H20N2O2S. The van der Waals surface area contributed by atoms with Gasteiger partial charge in [0.1, 0.15) is 0 Å². The van der Waals surface area contributed by atoms with Crippen LogP contribution in [0.4, 0.5) is 0 Å². The summed E-state index contributed by atoms with van der Waals surface area (Å²) in [6.07, 6.45) is 3.23. The van der Waals surface area contributed by atoms with E-state index < -0.39 is 0 Å². The molecule has 2 rings (SSSR count). The molecule has 0 aromatic heterocycles. The van der Waals surface area contributed by atoms with Crippen molar-refractivity contribution in [2.45, 2.75) is 4.90 Å². The van der Waals surface area contributed by atoms with Crippen molar-refractivity contribution >= 4 is 29.7 Å². The third kappa shape index (κ3) is 5.93. The minimum absolute atomic E-state index is 0.126. The highest BCUT2D eigenvalue weighted by Gasteiger charge is 2.01. The van der Waals surface area contributed by atoms with E-state index in [1.54, 1.807) is 49.2 Å². The topological polar surface area (TPSA) is 58.2 Å². The molecule has 2 aromatic rings. The molecule has 0 saturated carbocycles. The molecule has 0 spiro atoms. The van der Waals surface area contributed by atoms with Gasteiger partial charge in [0.25, 0.3) is 5.91 Å². The van der Waals surface area contributed by atoms with Crippen LogP contribution in [0.5, 0.6) is 0 Å². The van der Waals surface area contributed by atoms with Crippen LogP contribution >= 0.6 is 11.8 Å². The lowest BCUT2D eigenvalue weighted by atomic mass is 10.1. The molecule has 0 aliphatic heterocycles. The van der Waals surface area contributed by atoms with Crippen LogP contribution in [0, 0.1) is 0 Å². The summed E-state index contributed by atoms with van der Waals surface area (Å²) in [6.45, 7) is 0.609. The molecule has 5 heteroatoms. The Labute approximate surface area is 146 Å². The maximum atomic E-state index is 11.8. The van der Waals surface area contributed by atoms with Crippen molar-refractivity contribution in [1.29, 1.82) is 0 Å². The molecule has 2 aromatic carbocycles. The van der Waals surface area contributed by atoms with Gasteiger partial charge in [-0.1, -0.05) is 30.3 Å². The van der Waals surface area contributed by atoms with Crippen LogP contribution in [-0.2, 0) is 4.79 Å². The van der Waals surface area contributed by atoms with Crippen LogP contribution in [0.25, 0.3) is 6.08 Å². The van der Waals surface area contributed by atoms with Gasteiger partial charge in [0.15, 0.2) is 0 Å². The summed E-state index contributed by atoms with van der Waals surface area (Å²) in [5.41, 5.74) is 1.47. The predicted octanol–water partition coefficient (Wildman–Crippen LogP) is 2.97. The van der Waals surface area contributed by atoms with Crippen molar-refractivity contribution in [3.63, 3.8) is 0 Å². The van der Waals surface area contributed by atoms with Crippen molar-refractivity contribution in [2.75, 3.05) is 19.3 Å². The fraction of sp³-hybridized carbons (Fsp3) is 0.158. The molecule has 0 aliphatic rings. The van der Waals surface area contributed by atoms with Gasteiger partial charge < -0.3 is 10.6 Å². The van der Waals surface area contributed by atoms with E-state index in [0.717, 1.165) is 11.3 Å². The smallest absolute Gasteiger partial charge is 0.251 e. The number of carbonyl (C=O) groups is 2. The van der Waals surface area contributed by atoms with Gasteiger partial charge in [0.05, 0.1) is 0 Å². The van der Waals surface area contributed by atoms with Crippen molar-refractivity contribution in [3.05, 3.63) is 71.8 Å². The molecule has 2 N–H and O–H groups in total. The summed E-state index contributed by atoms with van der Waals surface area (Å²) in [7, 11) is 1.59. The minimum atomic E-state index is -0.126. The molecule has 2 amide bonds. The standard InChI is InChI=1S/C19H20N2O2S/c1-20-19(23)16-10-7-15(8-11-16)9-12-18(22)21-13-14-24-17-5-3-2-4-6-17/h2-12H,13-14H2,1H3,(H,20,23)(H,21,22)/b12-9+. The molecule has 124 valence electrons. The Hall–Kier alpha value is -2.53. The van der Waals surface area contributed by atoms with Crippen LogP contribution in [0.1, 0.15) is 15.9 Å². The van der Waals surface area contributed by atoms with E-state index in [1.165, 1.54) is 11.0 Å². The highest BCUT2D eigenvalue weighted by molar-refractivity contribution is 7.99. The molecule has 4 nitrogen and oxygen atoms in total. The molecule has 0 heterocycles. The van der Waals surface area contributed by atoms with Crippen molar-refractivity contribution in [1.82, 2.24) is 10.6 Å². The van der Waals surface area contributed by atoms with E-state index in [1.807, 2.05) is 18.2 Å². The van der Waals surface area contributed by atoms with Gasteiger partial charge in [-0.05, 0) is 35.9 Å². The summed E-state index contributed by atoms with van der Waals surface area (Å²) < 4.78 is 0. The summed E-state index contributed by atoms with van der Waals surface area (Å²) in [4.78, 5) is 24.4. The average Bonchev–Trinajstić information content (AvgIpc) is 2.64. The van der Waals surface area contributed by atoms with E-state index >= 15 is 0 Å². The lowest BCUT2D eigenvalue weighted by Gasteiger charge is -2.03. The van der Waals surface area contributed by atoms with Crippen LogP contribution in [0.2, 0.25) is 0 Å². The Morgan fingerprint density at radius 2 is 1.75 bits per heavy atom. The molecule has 0 fully saturated rings. The van der Waals surface area contributed by atoms with E-state index in [4.69, 9.17) is 0 Å². The summed E-state index contributed by atoms with van der Waals surface area (Å²) in [6, 6.07) is 17.2. The molecule has 0 bridgehead atoms. The Morgan fingerprint density at radius 3 is 2.42 bits per heavy atom. The number of benzene rings is 2. The lowest BCUT2D eigenvalue weighted by molar-refractivity contribution is -0.116. The number of carbonyl (C=O) groups excluding carboxylic acids is 2. The minimum Gasteiger partial charge on any atom is -0.355 e. The predicted molar refractivity (Wildman–Crippen MR) is 99.0 cm³/mol. The molecule has 0 unspecified atom stereocenters. The van der Waals surface area contributed by atoms with Crippen LogP contribution in [0.3, 0.4) is 0 Å². The Bertz CT molecular complexity index is 697. The Balaban J connectivity index is 1.73. The van der Waals surface area contributed by atoms with Gasteiger partial charge in [0, 0.05) is 35.9 Å². The zero-order valence-corrected chi connectivity index (χ0v) is 14.3. The van der Waals surface area contributed by atoms with Gasteiger partial charge in [-0.2, -0.15) is 0 Å². The van der Waals surface area contributed by atoms with E-state index in [0.29, 0.717) is 12.1 Å². The fourth-order valence-corrected chi connectivity index (χ4v) is 2.77. The SMILES string of the molecule is CNC(=O)c1ccc(/C=C/C(=O)NCCSc2ccccc2)cc1. The monoisotopic (exact) mass is 340 g/mol. The second kappa shape index (κ2) is 9.57. The van der Waals surface area contributed by atoms with Crippen LogP contribution in [-0.4, -0.2) is 31.2 Å². The van der Waals surface area contributed by atoms with Crippen molar-refractivity contribution in [2.24, 2.45) is 0 Å². The first-order valence-electron chi connectivity index (χ1n) is 7.65. The first-order valence-corrected chi connectivity index (χ1v) is 8.63. The number of thioether (sulfide) groups is 1. The Kier molecular flexibility index (Phi) is 7.11. The zero-order chi connectivity index (χ0) is 17.2. The quantitative estimate of drug-likeness (QED) is 0.463. The Morgan fingerprint density at radius 1 is 1.04 bits per heavy atom. The fourth-order valence-electron chi connectivity index (χ4n) is 1.98. The van der Waals surface area contributed by atoms with Gasteiger partial charge >= 0.3 is 0 Å². The van der Waals surface area contributed by atoms with Crippen molar-refractivity contribution in [3.8, 4) is 0 Å². The van der Waals surface area contributed by atoms with E-state index in [9.17, 15) is 9.59 Å². The highest BCUT2D eigenvalue weighted by atomic mass is 32.2. The van der Waals surface area contributed by atoms with E-state index in [2.05, 4.69) is 22.8 Å². The third-order valence-electron chi connectivity index (χ3n) is 3.24. The molecule has 0 aliphatic carbocycles. The number of hydrogen-bond donors (Lipinski definition) is 2. The first-order chi connectivity index (χ1) is 11.7. The lowest BCUT2D eigenvalue weighted by Crippen LogP contribution is -2.23. The maximum Gasteiger partial charge on any atom is 0.251 e. The number of rotatable bonds is 7. The summed E-state index contributed by atoms with van der Waals surface area (Å²) in [5.74, 6) is 0.572. The molecule has 0 saturated heterocycles. The molecule has 24 heavy (non-hydrogen) atoms. The summed E-state index contributed by atoms with van der Waals surface area (Å²) in [5, 5.41) is 5.42. The molecule has 0 radical (unpaired) electrons. The first kappa shape index (κ1) is 17.8. The average molecular weight is 340 g/mol. The number of hydrogen-bond acceptors (Lipinski definition) is 3. The maximum absolute atomic E-state index is 11.8. The number of nitrogens with one attached hydrogen (secondary N) is 2. The molecule has 0 atom stereocenters. The van der Waals surface area contributed by atoms with Gasteiger partial charge in [-0.25, -0.2) is 0 Å². The van der Waals surface area contributed by atoms with Gasteiger partial charge in [-0.3, -0.25) is 9.59 Å². The summed E-state index contributed by atoms with van der Waals surface area (Å²) >= 11 is 1.71. The third-order valence-corrected chi connectivity index (χ3v) is 4.25. The molecular weight excluding hydrogens is 320 g/mol. The second-order valence-corrected chi connectivity index (χ2v) is 6.16. The normalized spacial score (nSPS) is 10.5. The van der Waals surface area contributed by atoms with Gasteiger partial charge in [-0.15, -0.1) is 11.8 Å². The van der Waals surface area contributed by atoms with Crippen molar-refractivity contribution < 1.29 is 9.59 Å². The van der Waals surface area contributed by atoms with Crippen LogP contribution < -0.4 is 10.6 Å². The number of amides is 2. The zero-order valence-electron chi connectivity index (χ0n) is 13.5. The highest BCUT2D eigenvalue weighted by Crippen LogP contribution is 2.15. The second-order valence-electron chi connectivity index (χ2n) is 4.99. The van der Waals surface area contributed by atoms with Gasteiger partial charge in [0.2, 0.25) is 5.91 Å². The van der Waals surface area contributed by atoms with E-state index in [-0.39, 0.29) is 11.8 Å². The van der Waals surface area contributed by atoms with Crippen LogP contribution in [0.15, 0.2) is 65.6 Å². The largest absolute Gasteiger partial charge is 0.355 e.